The van der Waals surface area contributed by atoms with Crippen molar-refractivity contribution in [3.63, 3.8) is 0 Å². The molecule has 0 spiro atoms. The molecule has 13 heavy (non-hydrogen) atoms. The molecule has 0 saturated carbocycles. The van der Waals surface area contributed by atoms with Gasteiger partial charge in [-0.2, -0.15) is 0 Å². The predicted octanol–water partition coefficient (Wildman–Crippen LogP) is 1.69. The highest BCUT2D eigenvalue weighted by atomic mass is 15.0. The quantitative estimate of drug-likeness (QED) is 0.708. The van der Waals surface area contributed by atoms with Crippen molar-refractivity contribution in [1.29, 1.82) is 0 Å². The van der Waals surface area contributed by atoms with Crippen molar-refractivity contribution >= 4 is 5.82 Å². The average molecular weight is 175 g/mol. The Balaban J connectivity index is 2.53. The maximum atomic E-state index is 5.35. The van der Waals surface area contributed by atoms with Gasteiger partial charge in [0.25, 0.3) is 0 Å². The normalized spacial score (nSPS) is 11.7. The summed E-state index contributed by atoms with van der Waals surface area (Å²) in [5.41, 5.74) is 0. The Morgan fingerprint density at radius 3 is 3.00 bits per heavy atom. The van der Waals surface area contributed by atoms with E-state index in [0.29, 0.717) is 0 Å². The van der Waals surface area contributed by atoms with Gasteiger partial charge in [-0.1, -0.05) is 19.3 Å². The fourth-order valence-corrected chi connectivity index (χ4v) is 1.04. The molecule has 0 radical (unpaired) electrons. The third-order valence-electron chi connectivity index (χ3n) is 1.66. The van der Waals surface area contributed by atoms with Crippen LogP contribution in [0.2, 0.25) is 0 Å². The number of nitrogens with zero attached hydrogens (tertiary/aromatic N) is 2. The molecule has 1 N–H and O–H groups in total. The highest BCUT2D eigenvalue weighted by Gasteiger charge is 2.02. The van der Waals surface area contributed by atoms with Crippen LogP contribution >= 0.6 is 0 Å². The van der Waals surface area contributed by atoms with Crippen LogP contribution in [0, 0.1) is 12.3 Å². The molecular formula is C10H13N3. The number of anilines is 1. The molecule has 1 aromatic rings. The number of nitrogens with one attached hydrogen (secondary N) is 1. The predicted molar refractivity (Wildman–Crippen MR) is 53.2 cm³/mol. The van der Waals surface area contributed by atoms with Crippen molar-refractivity contribution in [2.75, 3.05) is 5.32 Å². The van der Waals surface area contributed by atoms with E-state index in [2.05, 4.69) is 28.1 Å². The second-order valence-electron chi connectivity index (χ2n) is 2.74. The summed E-state index contributed by atoms with van der Waals surface area (Å²) >= 11 is 0. The van der Waals surface area contributed by atoms with Crippen LogP contribution in [0.3, 0.4) is 0 Å². The molecule has 0 aliphatic carbocycles. The Labute approximate surface area is 78.6 Å². The third-order valence-corrected chi connectivity index (χ3v) is 1.66. The molecule has 3 heteroatoms. The minimum absolute atomic E-state index is 0.0571. The minimum Gasteiger partial charge on any atom is -0.355 e. The van der Waals surface area contributed by atoms with E-state index in [4.69, 9.17) is 6.42 Å². The first-order valence-electron chi connectivity index (χ1n) is 4.35. The highest BCUT2D eigenvalue weighted by molar-refractivity contribution is 5.34. The van der Waals surface area contributed by atoms with Crippen molar-refractivity contribution in [2.24, 2.45) is 0 Å². The van der Waals surface area contributed by atoms with Gasteiger partial charge in [-0.25, -0.2) is 4.98 Å². The first-order valence-corrected chi connectivity index (χ1v) is 4.35. The van der Waals surface area contributed by atoms with E-state index in [0.717, 1.165) is 18.7 Å². The SMILES string of the molecule is C#CC(CCC)Nc1cnccn1. The second-order valence-corrected chi connectivity index (χ2v) is 2.74. The summed E-state index contributed by atoms with van der Waals surface area (Å²) in [7, 11) is 0. The molecule has 1 aromatic heterocycles. The van der Waals surface area contributed by atoms with Gasteiger partial charge in [0, 0.05) is 12.4 Å². The Bertz CT molecular complexity index is 276. The summed E-state index contributed by atoms with van der Waals surface area (Å²) in [4.78, 5) is 8.02. The van der Waals surface area contributed by atoms with Gasteiger partial charge in [-0.15, -0.1) is 6.42 Å². The molecule has 1 rings (SSSR count). The Hall–Kier alpha value is -1.56. The van der Waals surface area contributed by atoms with Gasteiger partial charge in [0.15, 0.2) is 0 Å². The largest absolute Gasteiger partial charge is 0.355 e. The lowest BCUT2D eigenvalue weighted by Crippen LogP contribution is -2.17. The van der Waals surface area contributed by atoms with Crippen molar-refractivity contribution < 1.29 is 0 Å². The Morgan fingerprint density at radius 2 is 2.46 bits per heavy atom. The number of terminal acetylenes is 1. The van der Waals surface area contributed by atoms with Crippen molar-refractivity contribution in [3.05, 3.63) is 18.6 Å². The van der Waals surface area contributed by atoms with Crippen molar-refractivity contribution in [2.45, 2.75) is 25.8 Å². The van der Waals surface area contributed by atoms with E-state index in [1.807, 2.05) is 0 Å². The molecule has 0 aliphatic heterocycles. The molecule has 68 valence electrons. The molecule has 0 saturated heterocycles. The third kappa shape index (κ3) is 3.12. The molecule has 1 atom stereocenters. The van der Waals surface area contributed by atoms with Crippen LogP contribution in [-0.4, -0.2) is 16.0 Å². The van der Waals surface area contributed by atoms with Crippen LogP contribution in [0.15, 0.2) is 18.6 Å². The lowest BCUT2D eigenvalue weighted by Gasteiger charge is -2.11. The summed E-state index contributed by atoms with van der Waals surface area (Å²) < 4.78 is 0. The van der Waals surface area contributed by atoms with E-state index >= 15 is 0 Å². The average Bonchev–Trinajstić information content (AvgIpc) is 2.19. The summed E-state index contributed by atoms with van der Waals surface area (Å²) in [6, 6.07) is 0.0571. The van der Waals surface area contributed by atoms with Crippen LogP contribution in [0.1, 0.15) is 19.8 Å². The summed E-state index contributed by atoms with van der Waals surface area (Å²) in [6.07, 6.45) is 12.3. The van der Waals surface area contributed by atoms with Crippen LogP contribution in [0.5, 0.6) is 0 Å². The number of hydrogen-bond donors (Lipinski definition) is 1. The van der Waals surface area contributed by atoms with Crippen LogP contribution in [0.4, 0.5) is 5.82 Å². The molecule has 3 nitrogen and oxygen atoms in total. The Kier molecular flexibility index (Phi) is 3.77. The zero-order chi connectivity index (χ0) is 9.52. The molecular weight excluding hydrogens is 162 g/mol. The van der Waals surface area contributed by atoms with Crippen molar-refractivity contribution in [3.8, 4) is 12.3 Å². The van der Waals surface area contributed by atoms with Gasteiger partial charge in [0.05, 0.1) is 12.2 Å². The van der Waals surface area contributed by atoms with Gasteiger partial charge in [-0.05, 0) is 6.42 Å². The molecule has 0 amide bonds. The van der Waals surface area contributed by atoms with E-state index in [9.17, 15) is 0 Å². The van der Waals surface area contributed by atoms with Gasteiger partial charge >= 0.3 is 0 Å². The zero-order valence-electron chi connectivity index (χ0n) is 7.70. The summed E-state index contributed by atoms with van der Waals surface area (Å²) in [6.45, 7) is 2.10. The molecule has 1 unspecified atom stereocenters. The maximum absolute atomic E-state index is 5.35. The van der Waals surface area contributed by atoms with Gasteiger partial charge in [0.2, 0.25) is 0 Å². The standard InChI is InChI=1S/C10H13N3/c1-3-5-9(4-2)13-10-8-11-6-7-12-10/h2,6-9H,3,5H2,1H3,(H,12,13). The minimum atomic E-state index is 0.0571. The van der Waals surface area contributed by atoms with E-state index < -0.39 is 0 Å². The fourth-order valence-electron chi connectivity index (χ4n) is 1.04. The number of aromatic nitrogens is 2. The van der Waals surface area contributed by atoms with E-state index in [1.54, 1.807) is 18.6 Å². The highest BCUT2D eigenvalue weighted by Crippen LogP contribution is 2.04. The molecule has 0 bridgehead atoms. The summed E-state index contributed by atoms with van der Waals surface area (Å²) in [5.74, 6) is 3.41. The van der Waals surface area contributed by atoms with Gasteiger partial charge < -0.3 is 5.32 Å². The first-order chi connectivity index (χ1) is 6.36. The van der Waals surface area contributed by atoms with Gasteiger partial charge in [0.1, 0.15) is 5.82 Å². The lowest BCUT2D eigenvalue weighted by atomic mass is 10.2. The second kappa shape index (κ2) is 5.15. The van der Waals surface area contributed by atoms with Crippen LogP contribution in [0.25, 0.3) is 0 Å². The van der Waals surface area contributed by atoms with E-state index in [1.165, 1.54) is 0 Å². The molecule has 0 aromatic carbocycles. The van der Waals surface area contributed by atoms with Crippen molar-refractivity contribution in [1.82, 2.24) is 9.97 Å². The molecule has 1 heterocycles. The lowest BCUT2D eigenvalue weighted by molar-refractivity contribution is 0.752. The zero-order valence-corrected chi connectivity index (χ0v) is 7.70. The topological polar surface area (TPSA) is 37.8 Å². The monoisotopic (exact) mass is 175 g/mol. The Morgan fingerprint density at radius 1 is 1.62 bits per heavy atom. The van der Waals surface area contributed by atoms with Gasteiger partial charge in [-0.3, -0.25) is 4.98 Å². The summed E-state index contributed by atoms with van der Waals surface area (Å²) in [5, 5.41) is 3.12. The van der Waals surface area contributed by atoms with E-state index in [-0.39, 0.29) is 6.04 Å². The first kappa shape index (κ1) is 9.53. The molecule has 0 fully saturated rings. The van der Waals surface area contributed by atoms with Crippen LogP contribution < -0.4 is 5.32 Å². The maximum Gasteiger partial charge on any atom is 0.145 e. The number of rotatable bonds is 4. The number of hydrogen-bond acceptors (Lipinski definition) is 3. The smallest absolute Gasteiger partial charge is 0.145 e. The molecule has 0 aliphatic rings. The van der Waals surface area contributed by atoms with Crippen LogP contribution in [-0.2, 0) is 0 Å². The fraction of sp³-hybridized carbons (Fsp3) is 0.400.